The minimum atomic E-state index is -0.0483. The fourth-order valence-corrected chi connectivity index (χ4v) is 3.38. The number of carbonyl (C=O) groups is 2. The second-order valence-corrected chi connectivity index (χ2v) is 7.14. The summed E-state index contributed by atoms with van der Waals surface area (Å²) in [5.74, 6) is 0.829. The second-order valence-electron chi connectivity index (χ2n) is 7.14. The number of ether oxygens (including phenoxy) is 1. The summed E-state index contributed by atoms with van der Waals surface area (Å²) in [6.45, 7) is 4.67. The topological polar surface area (TPSA) is 53.1 Å². The van der Waals surface area contributed by atoms with E-state index in [4.69, 9.17) is 4.74 Å². The number of fused-ring (bicyclic) bond motifs is 1. The average molecular weight is 361 g/mol. The van der Waals surface area contributed by atoms with Crippen LogP contribution in [0.15, 0.2) is 18.2 Å². The molecule has 26 heavy (non-hydrogen) atoms. The molecule has 0 aliphatic carbocycles. The fraction of sp³-hybridized carbons (Fsp3) is 0.600. The van der Waals surface area contributed by atoms with Gasteiger partial charge in [0.05, 0.1) is 18.2 Å². The molecule has 1 aliphatic heterocycles. The third kappa shape index (κ3) is 4.11. The molecule has 1 atom stereocenters. The number of hydrogen-bond donors (Lipinski definition) is 0. The molecule has 0 aromatic heterocycles. The first-order valence-corrected chi connectivity index (χ1v) is 9.27. The predicted molar refractivity (Wildman–Crippen MR) is 104 cm³/mol. The molecule has 0 saturated carbocycles. The molecule has 6 heteroatoms. The number of benzene rings is 1. The van der Waals surface area contributed by atoms with Crippen LogP contribution in [0.4, 0.5) is 5.69 Å². The maximum absolute atomic E-state index is 12.7. The van der Waals surface area contributed by atoms with Gasteiger partial charge >= 0.3 is 0 Å². The van der Waals surface area contributed by atoms with Gasteiger partial charge in [0, 0.05) is 39.8 Å². The largest absolute Gasteiger partial charge is 0.489 e. The number of amides is 2. The van der Waals surface area contributed by atoms with Crippen LogP contribution in [0.1, 0.15) is 43.5 Å². The summed E-state index contributed by atoms with van der Waals surface area (Å²) in [6.07, 6.45) is 2.30. The van der Waals surface area contributed by atoms with Crippen LogP contribution in [0.3, 0.4) is 0 Å². The molecule has 0 N–H and O–H groups in total. The van der Waals surface area contributed by atoms with Crippen molar-refractivity contribution in [2.45, 2.75) is 45.2 Å². The molecular formula is C20H31N3O3. The summed E-state index contributed by atoms with van der Waals surface area (Å²) >= 11 is 0. The van der Waals surface area contributed by atoms with Gasteiger partial charge < -0.3 is 19.4 Å². The summed E-state index contributed by atoms with van der Waals surface area (Å²) < 4.78 is 5.86. The number of carbonyl (C=O) groups excluding carboxylic acids is 2. The Labute approximate surface area is 156 Å². The van der Waals surface area contributed by atoms with Gasteiger partial charge in [0.25, 0.3) is 5.91 Å². The van der Waals surface area contributed by atoms with Crippen LogP contribution in [-0.4, -0.2) is 68.5 Å². The molecule has 2 amide bonds. The van der Waals surface area contributed by atoms with Crippen molar-refractivity contribution in [2.24, 2.45) is 0 Å². The Morgan fingerprint density at radius 3 is 2.46 bits per heavy atom. The van der Waals surface area contributed by atoms with Crippen LogP contribution in [-0.2, 0) is 4.79 Å². The van der Waals surface area contributed by atoms with Gasteiger partial charge in [0.1, 0.15) is 12.4 Å². The summed E-state index contributed by atoms with van der Waals surface area (Å²) in [7, 11) is 7.31. The first kappa shape index (κ1) is 20.1. The minimum Gasteiger partial charge on any atom is -0.489 e. The van der Waals surface area contributed by atoms with E-state index >= 15 is 0 Å². The number of likely N-dealkylation sites (N-methyl/N-ethyl adjacent to an activating group) is 1. The number of nitrogens with zero attached hydrogens (tertiary/aromatic N) is 3. The molecule has 1 unspecified atom stereocenters. The highest BCUT2D eigenvalue weighted by Crippen LogP contribution is 2.35. The monoisotopic (exact) mass is 361 g/mol. The zero-order valence-electron chi connectivity index (χ0n) is 16.8. The first-order valence-electron chi connectivity index (χ1n) is 9.27. The summed E-state index contributed by atoms with van der Waals surface area (Å²) in [5, 5.41) is 0. The van der Waals surface area contributed by atoms with Crippen LogP contribution in [0.2, 0.25) is 0 Å². The SMILES string of the molecule is CCC(CC)N(C)C(=O)CC1COc2ccc(C(=O)N(C)C)cc2N1C. The van der Waals surface area contributed by atoms with Crippen molar-refractivity contribution in [2.75, 3.05) is 39.7 Å². The lowest BCUT2D eigenvalue weighted by molar-refractivity contribution is -0.132. The van der Waals surface area contributed by atoms with E-state index in [1.807, 2.05) is 31.1 Å². The van der Waals surface area contributed by atoms with Gasteiger partial charge in [0.2, 0.25) is 5.91 Å². The van der Waals surface area contributed by atoms with Crippen molar-refractivity contribution in [1.29, 1.82) is 0 Å². The molecular weight excluding hydrogens is 330 g/mol. The summed E-state index contributed by atoms with van der Waals surface area (Å²) in [6, 6.07) is 5.68. The van der Waals surface area contributed by atoms with Gasteiger partial charge in [-0.05, 0) is 31.0 Å². The normalized spacial score (nSPS) is 16.1. The molecule has 1 aliphatic rings. The molecule has 1 heterocycles. The molecule has 2 rings (SSSR count). The summed E-state index contributed by atoms with van der Waals surface area (Å²) in [5.41, 5.74) is 1.47. The van der Waals surface area contributed by atoms with E-state index in [1.54, 1.807) is 25.1 Å². The predicted octanol–water partition coefficient (Wildman–Crippen LogP) is 2.62. The molecule has 1 aromatic rings. The van der Waals surface area contributed by atoms with Crippen LogP contribution < -0.4 is 9.64 Å². The molecule has 144 valence electrons. The zero-order valence-corrected chi connectivity index (χ0v) is 16.8. The Kier molecular flexibility index (Phi) is 6.51. The number of hydrogen-bond acceptors (Lipinski definition) is 4. The molecule has 0 fully saturated rings. The van der Waals surface area contributed by atoms with E-state index in [-0.39, 0.29) is 23.9 Å². The maximum Gasteiger partial charge on any atom is 0.253 e. The third-order valence-electron chi connectivity index (χ3n) is 5.26. The highest BCUT2D eigenvalue weighted by molar-refractivity contribution is 5.95. The van der Waals surface area contributed by atoms with Crippen LogP contribution in [0.5, 0.6) is 5.75 Å². The lowest BCUT2D eigenvalue weighted by Gasteiger charge is -2.37. The van der Waals surface area contributed by atoms with Crippen molar-refractivity contribution in [3.8, 4) is 5.75 Å². The third-order valence-corrected chi connectivity index (χ3v) is 5.26. The standard InChI is InChI=1S/C20H31N3O3/c1-7-15(8-2)23(6)19(24)12-16-13-26-18-10-9-14(20(25)21(3)4)11-17(18)22(16)5/h9-11,15-16H,7-8,12-13H2,1-6H3. The van der Waals surface area contributed by atoms with E-state index in [0.717, 1.165) is 24.3 Å². The van der Waals surface area contributed by atoms with Crippen LogP contribution in [0.25, 0.3) is 0 Å². The number of anilines is 1. The first-order chi connectivity index (χ1) is 12.3. The van der Waals surface area contributed by atoms with Crippen molar-refractivity contribution in [1.82, 2.24) is 9.80 Å². The maximum atomic E-state index is 12.7. The van der Waals surface area contributed by atoms with Gasteiger partial charge in [-0.15, -0.1) is 0 Å². The molecule has 0 radical (unpaired) electrons. The molecule has 0 saturated heterocycles. The minimum absolute atomic E-state index is 0.0449. The van der Waals surface area contributed by atoms with E-state index in [9.17, 15) is 9.59 Å². The van der Waals surface area contributed by atoms with E-state index in [0.29, 0.717) is 18.6 Å². The Balaban J connectivity index is 2.15. The van der Waals surface area contributed by atoms with E-state index in [1.165, 1.54) is 0 Å². The Morgan fingerprint density at radius 1 is 1.23 bits per heavy atom. The van der Waals surface area contributed by atoms with Crippen molar-refractivity contribution >= 4 is 17.5 Å². The molecule has 0 bridgehead atoms. The van der Waals surface area contributed by atoms with E-state index in [2.05, 4.69) is 18.7 Å². The second kappa shape index (κ2) is 8.43. The van der Waals surface area contributed by atoms with Gasteiger partial charge in [-0.1, -0.05) is 13.8 Å². The van der Waals surface area contributed by atoms with Gasteiger partial charge in [-0.2, -0.15) is 0 Å². The summed E-state index contributed by atoms with van der Waals surface area (Å²) in [4.78, 5) is 30.4. The fourth-order valence-electron chi connectivity index (χ4n) is 3.38. The Morgan fingerprint density at radius 2 is 1.88 bits per heavy atom. The van der Waals surface area contributed by atoms with Crippen LogP contribution in [0, 0.1) is 0 Å². The van der Waals surface area contributed by atoms with E-state index < -0.39 is 0 Å². The molecule has 6 nitrogen and oxygen atoms in total. The quantitative estimate of drug-likeness (QED) is 0.782. The lowest BCUT2D eigenvalue weighted by atomic mass is 10.1. The smallest absolute Gasteiger partial charge is 0.253 e. The van der Waals surface area contributed by atoms with Gasteiger partial charge in [-0.25, -0.2) is 0 Å². The highest BCUT2D eigenvalue weighted by atomic mass is 16.5. The molecule has 0 spiro atoms. The Bertz CT molecular complexity index is 656. The zero-order chi connectivity index (χ0) is 19.4. The average Bonchev–Trinajstić information content (AvgIpc) is 2.63. The van der Waals surface area contributed by atoms with Crippen LogP contribution >= 0.6 is 0 Å². The number of rotatable bonds is 6. The lowest BCUT2D eigenvalue weighted by Crippen LogP contribution is -2.46. The van der Waals surface area contributed by atoms with Crippen molar-refractivity contribution in [3.05, 3.63) is 23.8 Å². The van der Waals surface area contributed by atoms with Crippen molar-refractivity contribution in [3.63, 3.8) is 0 Å². The van der Waals surface area contributed by atoms with Crippen molar-refractivity contribution < 1.29 is 14.3 Å². The Hall–Kier alpha value is -2.24. The van der Waals surface area contributed by atoms with Gasteiger partial charge in [0.15, 0.2) is 0 Å². The molecule has 1 aromatic carbocycles. The highest BCUT2D eigenvalue weighted by Gasteiger charge is 2.29. The van der Waals surface area contributed by atoms with Gasteiger partial charge in [-0.3, -0.25) is 9.59 Å².